The fraction of sp³-hybridized carbons (Fsp3) is 0.562. The molecule has 20 heavy (non-hydrogen) atoms. The van der Waals surface area contributed by atoms with Crippen LogP contribution in [0.2, 0.25) is 0 Å². The maximum atomic E-state index is 12.2. The highest BCUT2D eigenvalue weighted by Crippen LogP contribution is 2.29. The molecule has 112 valence electrons. The molecule has 1 aromatic carbocycles. The van der Waals surface area contributed by atoms with E-state index in [0.717, 1.165) is 0 Å². The summed E-state index contributed by atoms with van der Waals surface area (Å²) in [6, 6.07) is 4.32. The molecule has 0 aliphatic heterocycles. The Morgan fingerprint density at radius 3 is 2.80 bits per heavy atom. The van der Waals surface area contributed by atoms with Crippen LogP contribution in [-0.2, 0) is 4.74 Å². The first-order valence-corrected chi connectivity index (χ1v) is 6.50. The first kappa shape index (κ1) is 9.40. The van der Waals surface area contributed by atoms with E-state index in [9.17, 15) is 4.79 Å². The fourth-order valence-corrected chi connectivity index (χ4v) is 1.68. The highest BCUT2D eigenvalue weighted by atomic mass is 16.5. The van der Waals surface area contributed by atoms with Crippen molar-refractivity contribution >= 4 is 5.78 Å². The molecule has 0 unspecified atom stereocenters. The zero-order valence-electron chi connectivity index (χ0n) is 17.8. The second-order valence-corrected chi connectivity index (χ2v) is 4.84. The number of carbonyl (C=O) groups is 1. The molecule has 1 aromatic rings. The van der Waals surface area contributed by atoms with Crippen LogP contribution in [0.1, 0.15) is 45.3 Å². The average molecular weight is 286 g/mol. The number of rotatable bonds is 9. The van der Waals surface area contributed by atoms with Crippen molar-refractivity contribution in [2.45, 2.75) is 26.7 Å². The summed E-state index contributed by atoms with van der Waals surface area (Å²) in [5.41, 5.74) is 0.394. The maximum absolute atomic E-state index is 12.2. The Kier molecular flexibility index (Phi) is 4.03. The van der Waals surface area contributed by atoms with Gasteiger partial charge < -0.3 is 14.2 Å². The van der Waals surface area contributed by atoms with E-state index in [1.807, 2.05) is 13.8 Å². The summed E-state index contributed by atoms with van der Waals surface area (Å²) in [4.78, 5) is 12.2. The predicted octanol–water partition coefficient (Wildman–Crippen LogP) is 3.34. The predicted molar refractivity (Wildman–Crippen MR) is 78.8 cm³/mol. The van der Waals surface area contributed by atoms with Gasteiger partial charge in [-0.05, 0) is 24.1 Å². The van der Waals surface area contributed by atoms with Crippen molar-refractivity contribution in [2.75, 3.05) is 27.3 Å². The van der Waals surface area contributed by atoms with Crippen molar-refractivity contribution in [3.05, 3.63) is 23.8 Å². The summed E-state index contributed by atoms with van der Waals surface area (Å²) in [7, 11) is -5.13. The Morgan fingerprint density at radius 2 is 2.10 bits per heavy atom. The molecular formula is C16H24O4. The van der Waals surface area contributed by atoms with Crippen LogP contribution < -0.4 is 9.47 Å². The molecule has 0 amide bonds. The van der Waals surface area contributed by atoms with Gasteiger partial charge in [-0.25, -0.2) is 0 Å². The van der Waals surface area contributed by atoms with Gasteiger partial charge in [0, 0.05) is 32.0 Å². The topological polar surface area (TPSA) is 44.8 Å². The Balaban J connectivity index is 2.83. The molecule has 4 nitrogen and oxygen atoms in total. The molecule has 0 fully saturated rings. The number of benzene rings is 1. The number of methoxy groups -OCH3 is 2. The smallest absolute Gasteiger partial charge is 0.163 e. The minimum absolute atomic E-state index is 0.0113. The summed E-state index contributed by atoms with van der Waals surface area (Å²) in [6.07, 6.45) is 0.626. The first-order valence-electron chi connectivity index (χ1n) is 9.50. The molecule has 0 spiro atoms. The highest BCUT2D eigenvalue weighted by Gasteiger charge is 2.12. The summed E-state index contributed by atoms with van der Waals surface area (Å²) >= 11 is 0. The van der Waals surface area contributed by atoms with Crippen LogP contribution in [0.3, 0.4) is 0 Å². The number of carbonyl (C=O) groups excluding carboxylic acids is 1. The van der Waals surface area contributed by atoms with E-state index >= 15 is 0 Å². The lowest BCUT2D eigenvalue weighted by Crippen LogP contribution is -2.06. The standard InChI is InChI=1S/C16H24O4/c1-12(2)10-14(17)13-6-7-15(19-4)16(11-13)20-9-5-8-18-3/h6-7,11-12H,5,8-10H2,1-4H3/i3D3,4D3. The lowest BCUT2D eigenvalue weighted by atomic mass is 10.0. The Bertz CT molecular complexity index is 595. The molecular weight excluding hydrogens is 256 g/mol. The average Bonchev–Trinajstić information content (AvgIpc) is 2.44. The van der Waals surface area contributed by atoms with Crippen LogP contribution in [0.5, 0.6) is 11.5 Å². The fourth-order valence-electron chi connectivity index (χ4n) is 1.68. The zero-order valence-corrected chi connectivity index (χ0v) is 11.8. The van der Waals surface area contributed by atoms with E-state index in [2.05, 4.69) is 4.74 Å². The molecule has 0 aliphatic carbocycles. The van der Waals surface area contributed by atoms with Crippen LogP contribution in [0.15, 0.2) is 18.2 Å². The van der Waals surface area contributed by atoms with Gasteiger partial charge >= 0.3 is 0 Å². The SMILES string of the molecule is [2H]C([2H])([2H])OCCCOc1cc(C(=O)CC(C)C)ccc1OC([2H])([2H])[2H]. The quantitative estimate of drug-likeness (QED) is 0.516. The molecule has 0 aromatic heterocycles. The largest absolute Gasteiger partial charge is 0.493 e. The van der Waals surface area contributed by atoms with Gasteiger partial charge in [0.15, 0.2) is 17.3 Å². The number of hydrogen-bond acceptors (Lipinski definition) is 4. The Hall–Kier alpha value is -1.55. The minimum Gasteiger partial charge on any atom is -0.493 e. The van der Waals surface area contributed by atoms with E-state index in [0.29, 0.717) is 12.0 Å². The Morgan fingerprint density at radius 1 is 1.25 bits per heavy atom. The molecule has 0 atom stereocenters. The van der Waals surface area contributed by atoms with Gasteiger partial charge in [0.2, 0.25) is 0 Å². The summed E-state index contributed by atoms with van der Waals surface area (Å²) < 4.78 is 57.5. The van der Waals surface area contributed by atoms with E-state index in [4.69, 9.17) is 17.7 Å². The van der Waals surface area contributed by atoms with Crippen molar-refractivity contribution in [1.82, 2.24) is 0 Å². The highest BCUT2D eigenvalue weighted by molar-refractivity contribution is 5.96. The number of ketones is 1. The van der Waals surface area contributed by atoms with E-state index in [1.165, 1.54) is 18.2 Å². The third kappa shape index (κ3) is 5.21. The summed E-state index contributed by atoms with van der Waals surface area (Å²) in [6.45, 7) is 3.88. The summed E-state index contributed by atoms with van der Waals surface area (Å²) in [5.74, 6) is 0.200. The zero-order chi connectivity index (χ0) is 20.0. The van der Waals surface area contributed by atoms with Crippen molar-refractivity contribution < 1.29 is 27.2 Å². The van der Waals surface area contributed by atoms with E-state index < -0.39 is 14.1 Å². The van der Waals surface area contributed by atoms with Gasteiger partial charge in [-0.3, -0.25) is 4.79 Å². The molecule has 0 saturated carbocycles. The monoisotopic (exact) mass is 286 g/mol. The van der Waals surface area contributed by atoms with Gasteiger partial charge in [-0.15, -0.1) is 0 Å². The number of hydrogen-bond donors (Lipinski definition) is 0. The van der Waals surface area contributed by atoms with Crippen LogP contribution in [-0.4, -0.2) is 33.1 Å². The third-order valence-corrected chi connectivity index (χ3v) is 2.62. The molecule has 0 saturated heterocycles. The van der Waals surface area contributed by atoms with Crippen molar-refractivity contribution in [3.8, 4) is 11.5 Å². The molecule has 1 rings (SSSR count). The molecule has 0 N–H and O–H groups in total. The lowest BCUT2D eigenvalue weighted by molar-refractivity contribution is 0.0967. The van der Waals surface area contributed by atoms with Crippen LogP contribution >= 0.6 is 0 Å². The molecule has 0 radical (unpaired) electrons. The van der Waals surface area contributed by atoms with Gasteiger partial charge in [0.1, 0.15) is 0 Å². The molecule has 0 bridgehead atoms. The molecule has 0 aliphatic rings. The maximum Gasteiger partial charge on any atom is 0.163 e. The van der Waals surface area contributed by atoms with Gasteiger partial charge in [-0.1, -0.05) is 13.8 Å². The van der Waals surface area contributed by atoms with Crippen LogP contribution in [0.4, 0.5) is 0 Å². The number of Topliss-reactive ketones (excluding diaryl/α,β-unsaturated/α-hetero) is 1. The second kappa shape index (κ2) is 8.59. The van der Waals surface area contributed by atoms with Crippen molar-refractivity contribution in [2.24, 2.45) is 5.92 Å². The van der Waals surface area contributed by atoms with Crippen LogP contribution in [0.25, 0.3) is 0 Å². The molecule has 0 heterocycles. The Labute approximate surface area is 129 Å². The van der Waals surface area contributed by atoms with Gasteiger partial charge in [0.05, 0.1) is 21.9 Å². The van der Waals surface area contributed by atoms with Gasteiger partial charge in [-0.2, -0.15) is 0 Å². The van der Waals surface area contributed by atoms with Crippen molar-refractivity contribution in [1.29, 1.82) is 0 Å². The summed E-state index contributed by atoms with van der Waals surface area (Å²) in [5, 5.41) is 0. The normalized spacial score (nSPS) is 16.4. The first-order chi connectivity index (χ1) is 11.9. The van der Waals surface area contributed by atoms with Gasteiger partial charge in [0.25, 0.3) is 0 Å². The number of ether oxygens (including phenoxy) is 3. The van der Waals surface area contributed by atoms with Crippen LogP contribution in [0, 0.1) is 5.92 Å². The third-order valence-electron chi connectivity index (χ3n) is 2.62. The lowest BCUT2D eigenvalue weighted by Gasteiger charge is -2.12. The van der Waals surface area contributed by atoms with E-state index in [1.54, 1.807) is 0 Å². The van der Waals surface area contributed by atoms with Crippen molar-refractivity contribution in [3.63, 3.8) is 0 Å². The minimum atomic E-state index is -2.66. The molecule has 4 heteroatoms. The second-order valence-electron chi connectivity index (χ2n) is 4.84. The van der Waals surface area contributed by atoms with E-state index in [-0.39, 0.29) is 42.8 Å².